The first-order valence-corrected chi connectivity index (χ1v) is 7.01. The third-order valence-corrected chi connectivity index (χ3v) is 3.45. The molecule has 0 saturated heterocycles. The van der Waals surface area contributed by atoms with Crippen LogP contribution in [0.25, 0.3) is 11.1 Å². The van der Waals surface area contributed by atoms with Crippen LogP contribution in [0.15, 0.2) is 42.5 Å². The van der Waals surface area contributed by atoms with Gasteiger partial charge in [-0.15, -0.1) is 0 Å². The Kier molecular flexibility index (Phi) is 5.31. The Morgan fingerprint density at radius 2 is 1.25 bits per heavy atom. The summed E-state index contributed by atoms with van der Waals surface area (Å²) in [6.07, 6.45) is 0. The normalized spacial score (nSPS) is 9.96. The molecular weight excluding hydrogens is 312 g/mol. The lowest BCUT2D eigenvalue weighted by molar-refractivity contribution is 0.0555. The van der Waals surface area contributed by atoms with Gasteiger partial charge in [-0.2, -0.15) is 0 Å². The minimum absolute atomic E-state index is 0.0883. The smallest absolute Gasteiger partial charge is 0.338 e. The van der Waals surface area contributed by atoms with Gasteiger partial charge in [-0.1, -0.05) is 18.2 Å². The zero-order valence-electron chi connectivity index (χ0n) is 13.5. The fraction of sp³-hybridized carbons (Fsp3) is 0.167. The van der Waals surface area contributed by atoms with Crippen molar-refractivity contribution in [2.75, 3.05) is 21.3 Å². The Bertz CT molecular complexity index is 794. The zero-order valence-corrected chi connectivity index (χ0v) is 13.5. The maximum Gasteiger partial charge on any atom is 0.338 e. The summed E-state index contributed by atoms with van der Waals surface area (Å²) in [6.45, 7) is 0. The number of methoxy groups -OCH3 is 3. The maximum atomic E-state index is 12.0. The minimum atomic E-state index is -0.652. The lowest BCUT2D eigenvalue weighted by atomic mass is 9.98. The summed E-state index contributed by atoms with van der Waals surface area (Å²) in [7, 11) is 3.76. The van der Waals surface area contributed by atoms with Crippen molar-refractivity contribution >= 4 is 17.9 Å². The fourth-order valence-electron chi connectivity index (χ4n) is 2.23. The van der Waals surface area contributed by atoms with Gasteiger partial charge in [-0.05, 0) is 35.4 Å². The van der Waals surface area contributed by atoms with E-state index in [2.05, 4.69) is 4.74 Å². The van der Waals surface area contributed by atoms with Crippen LogP contribution in [0.4, 0.5) is 0 Å². The summed E-state index contributed by atoms with van der Waals surface area (Å²) in [4.78, 5) is 35.4. The van der Waals surface area contributed by atoms with Crippen LogP contribution in [-0.4, -0.2) is 39.2 Å². The monoisotopic (exact) mass is 328 g/mol. The molecule has 6 nitrogen and oxygen atoms in total. The standard InChI is InChI=1S/C18H16O6/c1-22-16(19)13-6-4-5-11(9-13)12-7-8-14(17(20)23-2)15(10-12)18(21)24-3/h4-10H,1-3H3. The molecule has 0 bridgehead atoms. The van der Waals surface area contributed by atoms with Crippen molar-refractivity contribution in [3.05, 3.63) is 59.2 Å². The SMILES string of the molecule is COC(=O)c1cccc(-c2ccc(C(=O)OC)c(C(=O)OC)c2)c1. The first kappa shape index (κ1) is 17.2. The van der Waals surface area contributed by atoms with E-state index in [-0.39, 0.29) is 11.1 Å². The van der Waals surface area contributed by atoms with E-state index in [0.717, 1.165) is 0 Å². The number of ether oxygens (including phenoxy) is 3. The molecule has 0 aliphatic rings. The van der Waals surface area contributed by atoms with Crippen molar-refractivity contribution in [1.29, 1.82) is 0 Å². The van der Waals surface area contributed by atoms with Gasteiger partial charge in [0.2, 0.25) is 0 Å². The Morgan fingerprint density at radius 3 is 1.88 bits per heavy atom. The lowest BCUT2D eigenvalue weighted by Crippen LogP contribution is -2.12. The molecule has 0 radical (unpaired) electrons. The highest BCUT2D eigenvalue weighted by Crippen LogP contribution is 2.25. The molecule has 2 rings (SSSR count). The molecule has 0 atom stereocenters. The molecule has 0 heterocycles. The summed E-state index contributed by atoms with van der Waals surface area (Å²) in [5.41, 5.74) is 1.92. The molecular formula is C18H16O6. The number of hydrogen-bond acceptors (Lipinski definition) is 6. The number of carbonyl (C=O) groups is 3. The fourth-order valence-corrected chi connectivity index (χ4v) is 2.23. The van der Waals surface area contributed by atoms with Crippen molar-refractivity contribution in [3.63, 3.8) is 0 Å². The van der Waals surface area contributed by atoms with E-state index in [0.29, 0.717) is 16.7 Å². The van der Waals surface area contributed by atoms with Crippen LogP contribution in [0.3, 0.4) is 0 Å². The molecule has 0 unspecified atom stereocenters. The van der Waals surface area contributed by atoms with E-state index in [9.17, 15) is 14.4 Å². The number of hydrogen-bond donors (Lipinski definition) is 0. The van der Waals surface area contributed by atoms with E-state index in [1.54, 1.807) is 30.3 Å². The molecule has 6 heteroatoms. The average molecular weight is 328 g/mol. The van der Waals surface area contributed by atoms with Gasteiger partial charge in [-0.3, -0.25) is 0 Å². The van der Waals surface area contributed by atoms with E-state index in [4.69, 9.17) is 9.47 Å². The van der Waals surface area contributed by atoms with Gasteiger partial charge in [-0.25, -0.2) is 14.4 Å². The van der Waals surface area contributed by atoms with Gasteiger partial charge in [0.05, 0.1) is 38.0 Å². The largest absolute Gasteiger partial charge is 0.465 e. The van der Waals surface area contributed by atoms with Crippen molar-refractivity contribution < 1.29 is 28.6 Å². The molecule has 0 fully saturated rings. The highest BCUT2D eigenvalue weighted by atomic mass is 16.5. The Morgan fingerprint density at radius 1 is 0.667 bits per heavy atom. The highest BCUT2D eigenvalue weighted by molar-refractivity contribution is 6.04. The summed E-state index contributed by atoms with van der Waals surface area (Å²) in [6, 6.07) is 11.4. The third-order valence-electron chi connectivity index (χ3n) is 3.45. The van der Waals surface area contributed by atoms with Crippen LogP contribution < -0.4 is 0 Å². The second-order valence-electron chi connectivity index (χ2n) is 4.82. The molecule has 2 aromatic rings. The summed E-state index contributed by atoms with van der Waals surface area (Å²) in [5, 5.41) is 0. The minimum Gasteiger partial charge on any atom is -0.465 e. The first-order valence-electron chi connectivity index (χ1n) is 7.01. The van der Waals surface area contributed by atoms with E-state index < -0.39 is 17.9 Å². The van der Waals surface area contributed by atoms with Crippen LogP contribution in [0.1, 0.15) is 31.1 Å². The molecule has 0 aromatic heterocycles. The second-order valence-corrected chi connectivity index (χ2v) is 4.82. The molecule has 124 valence electrons. The highest BCUT2D eigenvalue weighted by Gasteiger charge is 2.19. The van der Waals surface area contributed by atoms with Crippen LogP contribution in [0.2, 0.25) is 0 Å². The van der Waals surface area contributed by atoms with E-state index >= 15 is 0 Å². The Labute approximate surface area is 139 Å². The second kappa shape index (κ2) is 7.41. The van der Waals surface area contributed by atoms with Crippen LogP contribution in [0.5, 0.6) is 0 Å². The van der Waals surface area contributed by atoms with Crippen molar-refractivity contribution in [2.24, 2.45) is 0 Å². The van der Waals surface area contributed by atoms with E-state index in [1.807, 2.05) is 0 Å². The van der Waals surface area contributed by atoms with Crippen LogP contribution >= 0.6 is 0 Å². The molecule has 0 aliphatic carbocycles. The van der Waals surface area contributed by atoms with Crippen molar-refractivity contribution in [3.8, 4) is 11.1 Å². The van der Waals surface area contributed by atoms with Gasteiger partial charge in [0.25, 0.3) is 0 Å². The van der Waals surface area contributed by atoms with Gasteiger partial charge in [0.1, 0.15) is 0 Å². The topological polar surface area (TPSA) is 78.9 Å². The third kappa shape index (κ3) is 3.43. The molecule has 24 heavy (non-hydrogen) atoms. The van der Waals surface area contributed by atoms with Gasteiger partial charge in [0, 0.05) is 0 Å². The summed E-state index contributed by atoms with van der Waals surface area (Å²) < 4.78 is 14.1. The first-order chi connectivity index (χ1) is 11.5. The van der Waals surface area contributed by atoms with Crippen molar-refractivity contribution in [1.82, 2.24) is 0 Å². The van der Waals surface area contributed by atoms with Gasteiger partial charge < -0.3 is 14.2 Å². The van der Waals surface area contributed by atoms with Crippen LogP contribution in [-0.2, 0) is 14.2 Å². The van der Waals surface area contributed by atoms with Crippen LogP contribution in [0, 0.1) is 0 Å². The van der Waals surface area contributed by atoms with E-state index in [1.165, 1.54) is 33.5 Å². The lowest BCUT2D eigenvalue weighted by Gasteiger charge is -2.10. The predicted molar refractivity (Wildman–Crippen MR) is 85.9 cm³/mol. The molecule has 0 saturated carbocycles. The number of carbonyl (C=O) groups excluding carboxylic acids is 3. The van der Waals surface area contributed by atoms with Gasteiger partial charge in [0.15, 0.2) is 0 Å². The summed E-state index contributed by atoms with van der Waals surface area (Å²) >= 11 is 0. The van der Waals surface area contributed by atoms with Gasteiger partial charge >= 0.3 is 17.9 Å². The number of rotatable bonds is 4. The number of esters is 3. The van der Waals surface area contributed by atoms with Crippen molar-refractivity contribution in [2.45, 2.75) is 0 Å². The Hall–Kier alpha value is -3.15. The number of benzene rings is 2. The Balaban J connectivity index is 2.54. The average Bonchev–Trinajstić information content (AvgIpc) is 2.65. The molecule has 0 aliphatic heterocycles. The summed E-state index contributed by atoms with van der Waals surface area (Å²) in [5.74, 6) is -1.75. The molecule has 2 aromatic carbocycles. The predicted octanol–water partition coefficient (Wildman–Crippen LogP) is 2.71. The maximum absolute atomic E-state index is 12.0. The molecule has 0 N–H and O–H groups in total. The zero-order chi connectivity index (χ0) is 17.7. The quantitative estimate of drug-likeness (QED) is 0.634. The molecule has 0 amide bonds. The molecule has 0 spiro atoms.